The summed E-state index contributed by atoms with van der Waals surface area (Å²) in [6.45, 7) is 0. The van der Waals surface area contributed by atoms with Gasteiger partial charge in [0.15, 0.2) is 0 Å². The normalized spacial score (nSPS) is 23.0. The van der Waals surface area contributed by atoms with Crippen molar-refractivity contribution in [3.05, 3.63) is 187 Å². The first-order valence-corrected chi connectivity index (χ1v) is 20.4. The van der Waals surface area contributed by atoms with Crippen molar-refractivity contribution < 1.29 is 0 Å². The van der Waals surface area contributed by atoms with Gasteiger partial charge >= 0.3 is 0 Å². The topological polar surface area (TPSA) is 3.24 Å². The van der Waals surface area contributed by atoms with Crippen LogP contribution in [0.4, 0.5) is 17.1 Å². The number of benzene rings is 8. The first-order valence-electron chi connectivity index (χ1n) is 20.4. The predicted octanol–water partition coefficient (Wildman–Crippen LogP) is 14.5. The van der Waals surface area contributed by atoms with Crippen LogP contribution in [0, 0.1) is 23.7 Å². The molecule has 0 atom stereocenters. The molecule has 8 aromatic rings. The van der Waals surface area contributed by atoms with E-state index in [-0.39, 0.29) is 5.41 Å². The second-order valence-electron chi connectivity index (χ2n) is 16.9. The van der Waals surface area contributed by atoms with Crippen LogP contribution in [0.15, 0.2) is 176 Å². The van der Waals surface area contributed by atoms with Gasteiger partial charge in [-0.15, -0.1) is 0 Å². The van der Waals surface area contributed by atoms with E-state index in [0.717, 1.165) is 23.7 Å². The zero-order chi connectivity index (χ0) is 36.1. The van der Waals surface area contributed by atoms with Crippen molar-refractivity contribution >= 4 is 38.6 Å². The van der Waals surface area contributed by atoms with Crippen LogP contribution < -0.4 is 4.90 Å². The summed E-state index contributed by atoms with van der Waals surface area (Å²) >= 11 is 0. The summed E-state index contributed by atoms with van der Waals surface area (Å²) in [5.74, 6) is 3.31. The molecule has 4 bridgehead atoms. The second-order valence-corrected chi connectivity index (χ2v) is 16.9. The van der Waals surface area contributed by atoms with Gasteiger partial charge in [0.25, 0.3) is 0 Å². The van der Waals surface area contributed by atoms with Crippen LogP contribution in [0.5, 0.6) is 0 Å². The average Bonchev–Trinajstić information content (AvgIpc) is 3.53. The van der Waals surface area contributed by atoms with E-state index in [1.165, 1.54) is 104 Å². The third kappa shape index (κ3) is 4.66. The van der Waals surface area contributed by atoms with E-state index in [1.807, 2.05) is 0 Å². The first-order chi connectivity index (χ1) is 27.2. The second kappa shape index (κ2) is 12.0. The molecule has 1 heteroatoms. The maximum atomic E-state index is 2.62. The average molecular weight is 706 g/mol. The van der Waals surface area contributed by atoms with Crippen LogP contribution in [-0.2, 0) is 5.41 Å². The van der Waals surface area contributed by atoms with Crippen molar-refractivity contribution in [2.24, 2.45) is 23.7 Å². The molecule has 0 amide bonds. The third-order valence-corrected chi connectivity index (χ3v) is 14.2. The van der Waals surface area contributed by atoms with Gasteiger partial charge in [-0.05, 0) is 164 Å². The Morgan fingerprint density at radius 1 is 0.364 bits per heavy atom. The zero-order valence-corrected chi connectivity index (χ0v) is 31.0. The summed E-state index contributed by atoms with van der Waals surface area (Å²) < 4.78 is 0. The highest BCUT2D eigenvalue weighted by Gasteiger charge is 2.61. The molecule has 0 aromatic heterocycles. The number of anilines is 3. The van der Waals surface area contributed by atoms with Crippen LogP contribution >= 0.6 is 0 Å². The molecular formula is C54H43N. The van der Waals surface area contributed by atoms with E-state index in [1.54, 1.807) is 11.1 Å². The molecule has 5 aliphatic rings. The largest absolute Gasteiger partial charge is 0.310 e. The smallest absolute Gasteiger partial charge is 0.0465 e. The molecule has 0 saturated heterocycles. The molecule has 0 heterocycles. The van der Waals surface area contributed by atoms with Gasteiger partial charge in [-0.25, -0.2) is 0 Å². The number of nitrogens with zero attached hydrogens (tertiary/aromatic N) is 1. The number of hydrogen-bond acceptors (Lipinski definition) is 1. The Kier molecular flexibility index (Phi) is 6.88. The number of fused-ring (bicyclic) bond motifs is 6. The van der Waals surface area contributed by atoms with Crippen LogP contribution in [0.2, 0.25) is 0 Å². The van der Waals surface area contributed by atoms with Crippen molar-refractivity contribution in [2.45, 2.75) is 37.5 Å². The molecule has 55 heavy (non-hydrogen) atoms. The van der Waals surface area contributed by atoms with E-state index in [2.05, 4.69) is 181 Å². The molecule has 0 N–H and O–H groups in total. The highest BCUT2D eigenvalue weighted by atomic mass is 15.1. The fourth-order valence-electron chi connectivity index (χ4n) is 12.2. The van der Waals surface area contributed by atoms with Crippen molar-refractivity contribution in [1.29, 1.82) is 0 Å². The van der Waals surface area contributed by atoms with Crippen LogP contribution in [-0.4, -0.2) is 0 Å². The predicted molar refractivity (Wildman–Crippen MR) is 230 cm³/mol. The molecule has 4 fully saturated rings. The molecule has 264 valence electrons. The molecule has 4 saturated carbocycles. The maximum absolute atomic E-state index is 2.62. The summed E-state index contributed by atoms with van der Waals surface area (Å²) in [5, 5.41) is 5.18. The minimum atomic E-state index is 0.124. The van der Waals surface area contributed by atoms with Crippen LogP contribution in [0.3, 0.4) is 0 Å². The summed E-state index contributed by atoms with van der Waals surface area (Å²) in [5.41, 5.74) is 14.9. The van der Waals surface area contributed by atoms with E-state index in [9.17, 15) is 0 Å². The van der Waals surface area contributed by atoms with Crippen LogP contribution in [0.1, 0.15) is 43.2 Å². The first kappa shape index (κ1) is 31.4. The van der Waals surface area contributed by atoms with Crippen molar-refractivity contribution in [3.63, 3.8) is 0 Å². The quantitative estimate of drug-likeness (QED) is 0.161. The lowest BCUT2D eigenvalue weighted by atomic mass is 9.43. The Labute approximate surface area is 323 Å². The molecule has 0 unspecified atom stereocenters. The zero-order valence-electron chi connectivity index (χ0n) is 31.0. The van der Waals surface area contributed by atoms with E-state index in [0.29, 0.717) is 0 Å². The minimum absolute atomic E-state index is 0.124. The monoisotopic (exact) mass is 705 g/mol. The maximum Gasteiger partial charge on any atom is 0.0465 e. The van der Waals surface area contributed by atoms with E-state index < -0.39 is 0 Å². The molecule has 1 spiro atoms. The van der Waals surface area contributed by atoms with Gasteiger partial charge in [0.1, 0.15) is 0 Å². The van der Waals surface area contributed by atoms with Gasteiger partial charge in [-0.1, -0.05) is 133 Å². The van der Waals surface area contributed by atoms with Crippen molar-refractivity contribution in [1.82, 2.24) is 0 Å². The lowest BCUT2D eigenvalue weighted by Crippen LogP contribution is -2.55. The Bertz CT molecular complexity index is 2730. The van der Waals surface area contributed by atoms with Gasteiger partial charge in [-0.3, -0.25) is 0 Å². The molecule has 5 aliphatic carbocycles. The Morgan fingerprint density at radius 3 is 1.64 bits per heavy atom. The van der Waals surface area contributed by atoms with Gasteiger partial charge in [0.05, 0.1) is 0 Å². The molecular weight excluding hydrogens is 663 g/mol. The fourth-order valence-corrected chi connectivity index (χ4v) is 12.2. The lowest BCUT2D eigenvalue weighted by Gasteiger charge is -2.61. The number of rotatable bonds is 5. The Balaban J connectivity index is 1.02. The van der Waals surface area contributed by atoms with Crippen LogP contribution in [0.25, 0.3) is 54.9 Å². The van der Waals surface area contributed by atoms with Gasteiger partial charge in [0.2, 0.25) is 0 Å². The third-order valence-electron chi connectivity index (χ3n) is 14.2. The minimum Gasteiger partial charge on any atom is -0.310 e. The lowest BCUT2D eigenvalue weighted by molar-refractivity contribution is -0.0399. The SMILES string of the molecule is c1ccc(-c2ccc(N(c3ccc(-c4cc5ccccc5c5ccccc45)cc3)c3ccc4c(c3)C3(c5ccccc5-4)C4CC5CC(C4)CC3C5)cc2)cc1. The highest BCUT2D eigenvalue weighted by Crippen LogP contribution is 2.69. The molecule has 1 nitrogen and oxygen atoms in total. The summed E-state index contributed by atoms with van der Waals surface area (Å²) in [4.78, 5) is 2.50. The Morgan fingerprint density at radius 2 is 0.909 bits per heavy atom. The van der Waals surface area contributed by atoms with Gasteiger partial charge in [0, 0.05) is 22.5 Å². The van der Waals surface area contributed by atoms with Gasteiger partial charge in [-0.2, -0.15) is 0 Å². The fraction of sp³-hybridized carbons (Fsp3) is 0.185. The molecule has 0 radical (unpaired) electrons. The standard InChI is InChI=1S/C54H43N/c1-2-10-37(11-3-1)38-18-22-43(23-19-38)55(44-24-20-39(21-25-44)51-33-40-12-4-5-13-46(40)47-14-6-7-15-48(47)51)45-26-27-50-49-16-8-9-17-52(49)54(53(50)34-45)41-29-35-28-36(31-41)32-42(54)30-35/h1-27,33-36,41-42H,28-32H2. The molecule has 13 rings (SSSR count). The summed E-state index contributed by atoms with van der Waals surface area (Å²) in [6, 6.07) is 66.2. The summed E-state index contributed by atoms with van der Waals surface area (Å²) in [7, 11) is 0. The van der Waals surface area contributed by atoms with Crippen molar-refractivity contribution in [3.8, 4) is 33.4 Å². The van der Waals surface area contributed by atoms with E-state index in [4.69, 9.17) is 0 Å². The number of hydrogen-bond donors (Lipinski definition) is 0. The summed E-state index contributed by atoms with van der Waals surface area (Å²) in [6.07, 6.45) is 7.03. The molecule has 8 aromatic carbocycles. The molecule has 0 aliphatic heterocycles. The highest BCUT2D eigenvalue weighted by molar-refractivity contribution is 6.13. The van der Waals surface area contributed by atoms with Crippen molar-refractivity contribution in [2.75, 3.05) is 4.90 Å². The van der Waals surface area contributed by atoms with E-state index >= 15 is 0 Å². The van der Waals surface area contributed by atoms with Gasteiger partial charge < -0.3 is 4.90 Å². The Hall–Kier alpha value is -5.92.